The highest BCUT2D eigenvalue weighted by Gasteiger charge is 2.31. The normalized spacial score (nSPS) is 19.2. The summed E-state index contributed by atoms with van der Waals surface area (Å²) < 4.78 is 42.6. The number of benzene rings is 1. The molecule has 3 N–H and O–H groups in total. The number of ether oxygens (including phenoxy) is 2. The Bertz CT molecular complexity index is 2040. The lowest BCUT2D eigenvalue weighted by atomic mass is 9.97. The Labute approximate surface area is 307 Å². The average molecular weight is 760 g/mol. The Morgan fingerprint density at radius 1 is 0.981 bits per heavy atom. The lowest BCUT2D eigenvalue weighted by molar-refractivity contribution is -0.130. The predicted octanol–water partition coefficient (Wildman–Crippen LogP) is -0.0174. The monoisotopic (exact) mass is 759 g/mol. The zero-order valence-corrected chi connectivity index (χ0v) is 32.0. The molecule has 53 heavy (non-hydrogen) atoms. The minimum Gasteiger partial charge on any atom is -0.493 e. The molecule has 1 aliphatic rings. The van der Waals surface area contributed by atoms with Gasteiger partial charge in [0.25, 0.3) is 5.56 Å². The van der Waals surface area contributed by atoms with Crippen LogP contribution in [-0.2, 0) is 51.5 Å². The van der Waals surface area contributed by atoms with Gasteiger partial charge in [0, 0.05) is 52.8 Å². The molecule has 18 nitrogen and oxygen atoms in total. The van der Waals surface area contributed by atoms with E-state index in [1.165, 1.54) is 33.0 Å². The van der Waals surface area contributed by atoms with Crippen LogP contribution in [0.2, 0.25) is 0 Å². The van der Waals surface area contributed by atoms with Crippen molar-refractivity contribution in [1.82, 2.24) is 44.2 Å². The summed E-state index contributed by atoms with van der Waals surface area (Å²) in [6.45, 7) is 5.01. The Balaban J connectivity index is 1.66. The van der Waals surface area contributed by atoms with Gasteiger partial charge in [-0.05, 0) is 43.4 Å². The van der Waals surface area contributed by atoms with Crippen molar-refractivity contribution in [2.45, 2.75) is 76.4 Å². The molecule has 290 valence electrons. The van der Waals surface area contributed by atoms with E-state index in [0.717, 1.165) is 20.6 Å². The van der Waals surface area contributed by atoms with E-state index in [1.54, 1.807) is 19.1 Å². The van der Waals surface area contributed by atoms with Crippen molar-refractivity contribution >= 4 is 27.7 Å². The molecule has 3 atom stereocenters. The molecule has 0 radical (unpaired) electrons. The lowest BCUT2D eigenvalue weighted by Gasteiger charge is -2.26. The third kappa shape index (κ3) is 9.69. The largest absolute Gasteiger partial charge is 0.493 e. The fraction of sp³-hybridized carbons (Fsp3) is 0.559. The number of nitrogens with zero attached hydrogens (tertiary/aromatic N) is 6. The first-order valence-corrected chi connectivity index (χ1v) is 18.8. The smallest absolute Gasteiger partial charge is 0.330 e. The van der Waals surface area contributed by atoms with Crippen LogP contribution in [0.15, 0.2) is 38.9 Å². The number of sulfonamides is 1. The quantitative estimate of drug-likeness (QED) is 0.277. The van der Waals surface area contributed by atoms with E-state index >= 15 is 0 Å². The molecular formula is C34H49N9O9S. The van der Waals surface area contributed by atoms with Gasteiger partial charge in [0.05, 0.1) is 20.3 Å². The first kappa shape index (κ1) is 40.7. The van der Waals surface area contributed by atoms with Gasteiger partial charge < -0.3 is 30.0 Å². The van der Waals surface area contributed by atoms with E-state index in [9.17, 15) is 32.4 Å². The lowest BCUT2D eigenvalue weighted by Crippen LogP contribution is -2.51. The maximum Gasteiger partial charge on any atom is 0.330 e. The first-order chi connectivity index (χ1) is 25.1. The number of nitrogens with one attached hydrogen (secondary N) is 3. The second-order valence-corrected chi connectivity index (χ2v) is 14.9. The highest BCUT2D eigenvalue weighted by Crippen LogP contribution is 2.28. The van der Waals surface area contributed by atoms with Crippen LogP contribution in [0, 0.1) is 5.92 Å². The van der Waals surface area contributed by atoms with Crippen molar-refractivity contribution in [2.24, 2.45) is 20.0 Å². The van der Waals surface area contributed by atoms with Crippen molar-refractivity contribution in [3.05, 3.63) is 62.4 Å². The number of aryl methyl sites for hydroxylation is 1. The van der Waals surface area contributed by atoms with Gasteiger partial charge in [-0.3, -0.25) is 23.7 Å². The van der Waals surface area contributed by atoms with E-state index in [2.05, 4.69) is 21.0 Å². The second kappa shape index (κ2) is 17.7. The average Bonchev–Trinajstić information content (AvgIpc) is 3.52. The molecule has 19 heteroatoms. The highest BCUT2D eigenvalue weighted by molar-refractivity contribution is 7.89. The summed E-state index contributed by atoms with van der Waals surface area (Å²) in [7, 11) is 1.16. The molecule has 4 rings (SSSR count). The van der Waals surface area contributed by atoms with Gasteiger partial charge in [-0.15, -0.1) is 0 Å². The highest BCUT2D eigenvalue weighted by atomic mass is 32.2. The molecule has 0 saturated heterocycles. The molecule has 0 spiro atoms. The van der Waals surface area contributed by atoms with Crippen LogP contribution in [0.5, 0.6) is 11.5 Å². The minimum absolute atomic E-state index is 0.0701. The summed E-state index contributed by atoms with van der Waals surface area (Å²) in [5, 5.41) is 13.1. The number of aromatic nitrogens is 5. The number of hydrogen-bond acceptors (Lipinski definition) is 11. The Kier molecular flexibility index (Phi) is 13.6. The van der Waals surface area contributed by atoms with Crippen molar-refractivity contribution in [3.63, 3.8) is 0 Å². The van der Waals surface area contributed by atoms with E-state index in [-0.39, 0.29) is 57.8 Å². The summed E-state index contributed by atoms with van der Waals surface area (Å²) in [6, 6.07) is 3.77. The Morgan fingerprint density at radius 3 is 2.36 bits per heavy atom. The molecule has 0 aliphatic carbocycles. The van der Waals surface area contributed by atoms with Gasteiger partial charge in [-0.25, -0.2) is 22.9 Å². The van der Waals surface area contributed by atoms with E-state index in [1.807, 2.05) is 19.9 Å². The molecule has 0 unspecified atom stereocenters. The van der Waals surface area contributed by atoms with Crippen molar-refractivity contribution in [2.75, 3.05) is 33.9 Å². The molecule has 3 heterocycles. The van der Waals surface area contributed by atoms with Gasteiger partial charge in [0.15, 0.2) is 22.2 Å². The van der Waals surface area contributed by atoms with E-state index in [4.69, 9.17) is 14.5 Å². The van der Waals surface area contributed by atoms with Crippen LogP contribution in [0.1, 0.15) is 69.7 Å². The molecule has 0 saturated carbocycles. The fourth-order valence-electron chi connectivity index (χ4n) is 5.94. The van der Waals surface area contributed by atoms with Crippen LogP contribution in [0.4, 0.5) is 0 Å². The number of hydrogen-bond donors (Lipinski definition) is 3. The van der Waals surface area contributed by atoms with Crippen molar-refractivity contribution in [1.29, 1.82) is 0 Å². The van der Waals surface area contributed by atoms with Gasteiger partial charge in [-0.2, -0.15) is 9.40 Å². The van der Waals surface area contributed by atoms with Gasteiger partial charge in [0.1, 0.15) is 18.4 Å². The van der Waals surface area contributed by atoms with Crippen molar-refractivity contribution < 1.29 is 32.3 Å². The van der Waals surface area contributed by atoms with Crippen LogP contribution in [0.25, 0.3) is 0 Å². The molecule has 0 bridgehead atoms. The molecule has 3 amide bonds. The molecule has 3 aromatic rings. The van der Waals surface area contributed by atoms with Gasteiger partial charge in [-0.1, -0.05) is 26.3 Å². The summed E-state index contributed by atoms with van der Waals surface area (Å²) in [6.07, 6.45) is 1.95. The van der Waals surface area contributed by atoms with Gasteiger partial charge >= 0.3 is 5.69 Å². The van der Waals surface area contributed by atoms with E-state index in [0.29, 0.717) is 34.1 Å². The van der Waals surface area contributed by atoms with Crippen LogP contribution in [-0.4, -0.2) is 94.2 Å². The third-order valence-corrected chi connectivity index (χ3v) is 11.0. The standard InChI is InChI=1S/C34H49N9O9S/c1-8-21(2)30-32(46)36-22(3)31-37-27(18-23-12-13-24(51-6)25(17-23)52-7)39-43(31)20-29(45)35-14-10-16-42(15-9-11-28(44)38-30)53(49,50)26-19-40(4)34(48)41(5)33(26)47/h12-13,17,19,21-22,30H,8-11,14-16,18,20H2,1-7H3,(H,35,45)(H,36,46)(H,38,44)/t21-,22+,30-/m0/s1. The summed E-state index contributed by atoms with van der Waals surface area (Å²) in [5.74, 6) is 0.158. The number of carbonyl (C=O) groups excluding carboxylic acids is 3. The molecule has 1 aliphatic heterocycles. The number of fused-ring (bicyclic) bond motifs is 1. The van der Waals surface area contributed by atoms with Gasteiger partial charge in [0.2, 0.25) is 27.7 Å². The summed E-state index contributed by atoms with van der Waals surface area (Å²) in [4.78, 5) is 69.4. The first-order valence-electron chi connectivity index (χ1n) is 17.4. The predicted molar refractivity (Wildman–Crippen MR) is 193 cm³/mol. The van der Waals surface area contributed by atoms with Crippen LogP contribution in [0.3, 0.4) is 0 Å². The zero-order valence-electron chi connectivity index (χ0n) is 31.2. The maximum absolute atomic E-state index is 13.8. The van der Waals surface area contributed by atoms with E-state index < -0.39 is 56.0 Å². The van der Waals surface area contributed by atoms with Crippen LogP contribution < -0.4 is 36.7 Å². The zero-order chi connectivity index (χ0) is 39.0. The molecular weight excluding hydrogens is 710 g/mol. The molecule has 1 aromatic carbocycles. The molecule has 0 fully saturated rings. The fourth-order valence-corrected chi connectivity index (χ4v) is 7.60. The third-order valence-electron chi connectivity index (χ3n) is 9.16. The van der Waals surface area contributed by atoms with Crippen molar-refractivity contribution in [3.8, 4) is 11.5 Å². The summed E-state index contributed by atoms with van der Waals surface area (Å²) >= 11 is 0. The number of methoxy groups -OCH3 is 2. The molecule has 2 aromatic heterocycles. The van der Waals surface area contributed by atoms with Crippen LogP contribution >= 0.6 is 0 Å². The SMILES string of the molecule is CC[C@H](C)[C@@H]1NC(=O)CCCN(S(=O)(=O)c2cn(C)c(=O)n(C)c2=O)CCCNC(=O)Cn2nc(Cc3ccc(OC)c(OC)c3)nc2[C@@H](C)NC1=O. The number of rotatable bonds is 8. The Morgan fingerprint density at radius 2 is 1.68 bits per heavy atom. The Hall–Kier alpha value is -5.04. The number of carbonyl (C=O) groups is 3. The number of amides is 3. The maximum atomic E-state index is 13.8. The summed E-state index contributed by atoms with van der Waals surface area (Å²) in [5.41, 5.74) is -0.858. The second-order valence-electron chi connectivity index (χ2n) is 13.0. The minimum atomic E-state index is -4.43. The topological polar surface area (TPSA) is 218 Å².